The van der Waals surface area contributed by atoms with Gasteiger partial charge in [0.15, 0.2) is 5.96 Å². The number of ether oxygens (including phenoxy) is 1. The van der Waals surface area contributed by atoms with E-state index in [1.807, 2.05) is 6.08 Å². The summed E-state index contributed by atoms with van der Waals surface area (Å²) in [6, 6.07) is 0.462. The van der Waals surface area contributed by atoms with Crippen molar-refractivity contribution < 1.29 is 4.74 Å². The molecule has 0 saturated carbocycles. The molecule has 0 radical (unpaired) electrons. The number of hydrogen-bond acceptors (Lipinski definition) is 3. The van der Waals surface area contributed by atoms with Gasteiger partial charge in [0.25, 0.3) is 0 Å². The highest BCUT2D eigenvalue weighted by Gasteiger charge is 2.17. The molecule has 1 fully saturated rings. The fourth-order valence-electron chi connectivity index (χ4n) is 2.40. The molecule has 1 aliphatic heterocycles. The summed E-state index contributed by atoms with van der Waals surface area (Å²) in [6.07, 6.45) is 4.13. The van der Waals surface area contributed by atoms with Crippen LogP contribution in [0.3, 0.4) is 0 Å². The van der Waals surface area contributed by atoms with E-state index >= 15 is 0 Å². The highest BCUT2D eigenvalue weighted by molar-refractivity contribution is 5.79. The lowest BCUT2D eigenvalue weighted by atomic mass is 10.2. The van der Waals surface area contributed by atoms with Crippen LogP contribution in [0.15, 0.2) is 17.6 Å². The first-order valence-electron chi connectivity index (χ1n) is 8.11. The molecule has 1 rings (SSSR count). The van der Waals surface area contributed by atoms with Gasteiger partial charge in [-0.15, -0.1) is 6.58 Å². The van der Waals surface area contributed by atoms with Crippen LogP contribution in [0, 0.1) is 0 Å². The van der Waals surface area contributed by atoms with Crippen LogP contribution >= 0.6 is 0 Å². The van der Waals surface area contributed by atoms with Crippen molar-refractivity contribution in [3.05, 3.63) is 12.7 Å². The average Bonchev–Trinajstić information content (AvgIpc) is 2.52. The van der Waals surface area contributed by atoms with Crippen molar-refractivity contribution >= 4 is 5.96 Å². The normalized spacial score (nSPS) is 18.3. The van der Waals surface area contributed by atoms with Gasteiger partial charge in [-0.2, -0.15) is 0 Å². The third-order valence-electron chi connectivity index (χ3n) is 3.77. The van der Waals surface area contributed by atoms with Crippen molar-refractivity contribution in [2.45, 2.75) is 32.7 Å². The number of morpholine rings is 1. The SMILES string of the molecule is C=CCCCN(C)C(=NCC(C)N1CCOCC1)NCC. The summed E-state index contributed by atoms with van der Waals surface area (Å²) >= 11 is 0. The van der Waals surface area contributed by atoms with Crippen molar-refractivity contribution in [1.82, 2.24) is 15.1 Å². The first-order valence-corrected chi connectivity index (χ1v) is 8.11. The Hall–Kier alpha value is -1.07. The summed E-state index contributed by atoms with van der Waals surface area (Å²) < 4.78 is 5.40. The zero-order valence-electron chi connectivity index (χ0n) is 14.0. The standard InChI is InChI=1S/C16H32N4O/c1-5-7-8-9-19(4)16(17-6-2)18-14-15(3)20-10-12-21-13-11-20/h5,15H,1,6-14H2,2-4H3,(H,17,18). The van der Waals surface area contributed by atoms with Crippen LogP contribution in [0.25, 0.3) is 0 Å². The molecule has 0 aromatic heterocycles. The molecule has 5 heteroatoms. The molecular formula is C16H32N4O. The van der Waals surface area contributed by atoms with E-state index in [2.05, 4.69) is 42.6 Å². The zero-order chi connectivity index (χ0) is 15.5. The summed E-state index contributed by atoms with van der Waals surface area (Å²) in [5, 5.41) is 3.37. The Labute approximate surface area is 130 Å². The molecule has 0 bridgehead atoms. The highest BCUT2D eigenvalue weighted by Crippen LogP contribution is 2.04. The Morgan fingerprint density at radius 1 is 1.48 bits per heavy atom. The van der Waals surface area contributed by atoms with Crippen LogP contribution in [0.4, 0.5) is 0 Å². The first kappa shape index (κ1) is 18.0. The minimum atomic E-state index is 0.462. The highest BCUT2D eigenvalue weighted by atomic mass is 16.5. The van der Waals surface area contributed by atoms with Gasteiger partial charge in [-0.25, -0.2) is 0 Å². The maximum Gasteiger partial charge on any atom is 0.193 e. The molecular weight excluding hydrogens is 264 g/mol. The second-order valence-electron chi connectivity index (χ2n) is 5.54. The van der Waals surface area contributed by atoms with Crippen molar-refractivity contribution in [2.75, 3.05) is 53.0 Å². The number of nitrogens with zero attached hydrogens (tertiary/aromatic N) is 3. The van der Waals surface area contributed by atoms with Gasteiger partial charge in [0.1, 0.15) is 0 Å². The number of guanidine groups is 1. The van der Waals surface area contributed by atoms with Gasteiger partial charge in [0.2, 0.25) is 0 Å². The molecule has 1 aliphatic rings. The summed E-state index contributed by atoms with van der Waals surface area (Å²) in [5.41, 5.74) is 0. The smallest absolute Gasteiger partial charge is 0.193 e. The monoisotopic (exact) mass is 296 g/mol. The van der Waals surface area contributed by atoms with Gasteiger partial charge in [-0.05, 0) is 26.7 Å². The predicted molar refractivity (Wildman–Crippen MR) is 89.9 cm³/mol. The van der Waals surface area contributed by atoms with Crippen molar-refractivity contribution in [2.24, 2.45) is 4.99 Å². The molecule has 0 spiro atoms. The minimum Gasteiger partial charge on any atom is -0.379 e. The lowest BCUT2D eigenvalue weighted by Gasteiger charge is -2.31. The number of rotatable bonds is 8. The molecule has 1 heterocycles. The number of allylic oxidation sites excluding steroid dienone is 1. The molecule has 1 N–H and O–H groups in total. The van der Waals surface area contributed by atoms with E-state index in [0.717, 1.165) is 64.7 Å². The minimum absolute atomic E-state index is 0.462. The largest absolute Gasteiger partial charge is 0.379 e. The topological polar surface area (TPSA) is 40.1 Å². The van der Waals surface area contributed by atoms with Crippen LogP contribution in [-0.4, -0.2) is 74.8 Å². The molecule has 122 valence electrons. The van der Waals surface area contributed by atoms with Gasteiger partial charge in [-0.3, -0.25) is 9.89 Å². The van der Waals surface area contributed by atoms with E-state index in [9.17, 15) is 0 Å². The molecule has 5 nitrogen and oxygen atoms in total. The first-order chi connectivity index (χ1) is 10.2. The van der Waals surface area contributed by atoms with Crippen molar-refractivity contribution in [1.29, 1.82) is 0 Å². The van der Waals surface area contributed by atoms with E-state index in [1.54, 1.807) is 0 Å². The van der Waals surface area contributed by atoms with E-state index in [1.165, 1.54) is 0 Å². The molecule has 1 saturated heterocycles. The Bertz CT molecular complexity index is 313. The molecule has 21 heavy (non-hydrogen) atoms. The van der Waals surface area contributed by atoms with E-state index < -0.39 is 0 Å². The maximum atomic E-state index is 5.40. The summed E-state index contributed by atoms with van der Waals surface area (Å²) in [6.45, 7) is 14.6. The Morgan fingerprint density at radius 2 is 2.19 bits per heavy atom. The van der Waals surface area contributed by atoms with Gasteiger partial charge < -0.3 is 15.0 Å². The number of hydrogen-bond donors (Lipinski definition) is 1. The van der Waals surface area contributed by atoms with E-state index in [-0.39, 0.29) is 0 Å². The Balaban J connectivity index is 2.46. The molecule has 0 aliphatic carbocycles. The van der Waals surface area contributed by atoms with Gasteiger partial charge in [0, 0.05) is 39.3 Å². The predicted octanol–water partition coefficient (Wildman–Crippen LogP) is 1.57. The lowest BCUT2D eigenvalue weighted by Crippen LogP contribution is -2.45. The van der Waals surface area contributed by atoms with Gasteiger partial charge in [-0.1, -0.05) is 6.08 Å². The third kappa shape index (κ3) is 6.96. The van der Waals surface area contributed by atoms with Crippen LogP contribution in [0.1, 0.15) is 26.7 Å². The fourth-order valence-corrected chi connectivity index (χ4v) is 2.40. The molecule has 0 amide bonds. The summed E-state index contributed by atoms with van der Waals surface area (Å²) in [4.78, 5) is 9.45. The molecule has 0 aromatic rings. The number of nitrogens with one attached hydrogen (secondary N) is 1. The fraction of sp³-hybridized carbons (Fsp3) is 0.812. The molecule has 1 atom stereocenters. The van der Waals surface area contributed by atoms with Crippen molar-refractivity contribution in [3.63, 3.8) is 0 Å². The summed E-state index contributed by atoms with van der Waals surface area (Å²) in [7, 11) is 2.10. The quantitative estimate of drug-likeness (QED) is 0.319. The average molecular weight is 296 g/mol. The maximum absolute atomic E-state index is 5.40. The second kappa shape index (κ2) is 10.6. The van der Waals surface area contributed by atoms with Crippen LogP contribution in [0.2, 0.25) is 0 Å². The summed E-state index contributed by atoms with van der Waals surface area (Å²) in [5.74, 6) is 1.00. The van der Waals surface area contributed by atoms with Crippen LogP contribution in [-0.2, 0) is 4.74 Å². The van der Waals surface area contributed by atoms with Crippen LogP contribution in [0.5, 0.6) is 0 Å². The lowest BCUT2D eigenvalue weighted by molar-refractivity contribution is 0.0220. The number of aliphatic imine (C=N–C) groups is 1. The van der Waals surface area contributed by atoms with E-state index in [4.69, 9.17) is 9.73 Å². The second-order valence-corrected chi connectivity index (χ2v) is 5.54. The van der Waals surface area contributed by atoms with Gasteiger partial charge in [0.05, 0.1) is 19.8 Å². The van der Waals surface area contributed by atoms with E-state index in [0.29, 0.717) is 6.04 Å². The Kier molecular flexibility index (Phi) is 9.10. The van der Waals surface area contributed by atoms with Crippen molar-refractivity contribution in [3.8, 4) is 0 Å². The van der Waals surface area contributed by atoms with Gasteiger partial charge >= 0.3 is 0 Å². The zero-order valence-corrected chi connectivity index (χ0v) is 14.0. The molecule has 0 aromatic carbocycles. The Morgan fingerprint density at radius 3 is 2.81 bits per heavy atom. The number of unbranched alkanes of at least 4 members (excludes halogenated alkanes) is 1. The van der Waals surface area contributed by atoms with Crippen LogP contribution < -0.4 is 5.32 Å². The molecule has 1 unspecified atom stereocenters. The third-order valence-corrected chi connectivity index (χ3v) is 3.77.